The van der Waals surface area contributed by atoms with Gasteiger partial charge in [-0.05, 0) is 92.2 Å². The minimum Gasteiger partial charge on any atom is -0.508 e. The molecule has 0 aliphatic carbocycles. The lowest BCUT2D eigenvalue weighted by Crippen LogP contribution is -2.61. The Hall–Kier alpha value is -7.53. The molecule has 2 aromatic carbocycles. The molecule has 2 aliphatic heterocycles. The lowest BCUT2D eigenvalue weighted by atomic mass is 9.99. The fourth-order valence-electron chi connectivity index (χ4n) is 8.92. The molecule has 2 aliphatic rings. The summed E-state index contributed by atoms with van der Waals surface area (Å²) in [5, 5.41) is 38.9. The number of primary amides is 1. The number of phenols is 2. The highest BCUT2D eigenvalue weighted by Gasteiger charge is 2.41. The monoisotopic (exact) mass is 1180 g/mol. The zero-order chi connectivity index (χ0) is 60.6. The lowest BCUT2D eigenvalue weighted by molar-refractivity contribution is -0.141. The molecule has 9 amide bonds. The first-order valence-electron chi connectivity index (χ1n) is 27.3. The number of benzene rings is 2. The van der Waals surface area contributed by atoms with Gasteiger partial charge in [-0.1, -0.05) is 80.0 Å². The highest BCUT2D eigenvalue weighted by molar-refractivity contribution is 8.76. The number of hydrogen-bond acceptors (Lipinski definition) is 16. The second-order valence-corrected chi connectivity index (χ2v) is 23.3. The molecule has 10 atom stereocenters. The Morgan fingerprint density at radius 1 is 0.671 bits per heavy atom. The van der Waals surface area contributed by atoms with Crippen LogP contribution in [0.2, 0.25) is 0 Å². The van der Waals surface area contributed by atoms with Crippen LogP contribution in [0.5, 0.6) is 11.5 Å². The molecule has 29 heteroatoms. The van der Waals surface area contributed by atoms with E-state index in [0.29, 0.717) is 24.0 Å². The molecular formula is C53H82N16O11S2. The standard InChI is InChI=1S/C53H82N16O11S2/c1-5-29(4)42(54)50(79)68-40-27-82-81-26-39(67-49(78)41-11-8-22-69(41)51(40)80)48(77)66-38(25-31-14-18-33(71)19-15-31)47(76)63-35(10-7-21-61-53(58)59)45(74)65-37(23-28(2)3)46(75)62-34(9-6-20-60-52(56)57)44(73)64-36(43(55)72)24-30-12-16-32(70)17-13-30/h12-19,28-29,34-42,70-71H,5-11,20-27,54H2,1-4H3,(H2,55,72)(H,62,75)(H,63,76)(H,64,73)(H,65,74)(H,66,77)(H,67,78)(H,68,79)(H4,56,57,60)(H4,58,59,61)/t29-,34-,35-,36-,37-,38-,39-,40-,41-,42-/m0/s1. The van der Waals surface area contributed by atoms with Gasteiger partial charge < -0.3 is 86.7 Å². The quantitative estimate of drug-likeness (QED) is 0.0176. The third-order valence-electron chi connectivity index (χ3n) is 13.7. The second kappa shape index (κ2) is 33.4. The van der Waals surface area contributed by atoms with Gasteiger partial charge in [0.2, 0.25) is 53.2 Å². The van der Waals surface area contributed by atoms with Crippen molar-refractivity contribution < 1.29 is 53.4 Å². The summed E-state index contributed by atoms with van der Waals surface area (Å²) in [6.45, 7) is 7.65. The number of carbonyl (C=O) groups is 9. The number of aliphatic imine (C=N–C) groups is 2. The molecule has 0 spiro atoms. The topological polar surface area (TPSA) is 462 Å². The van der Waals surface area contributed by atoms with Gasteiger partial charge in [-0.3, -0.25) is 53.1 Å². The van der Waals surface area contributed by atoms with Crippen LogP contribution in [-0.2, 0) is 56.0 Å². The summed E-state index contributed by atoms with van der Waals surface area (Å²) in [5.74, 6) is -7.35. The van der Waals surface area contributed by atoms with Crippen LogP contribution in [0.4, 0.5) is 0 Å². The Morgan fingerprint density at radius 3 is 1.65 bits per heavy atom. The van der Waals surface area contributed by atoms with Crippen LogP contribution >= 0.6 is 21.6 Å². The molecule has 2 saturated heterocycles. The van der Waals surface area contributed by atoms with Crippen LogP contribution in [-0.4, -0.2) is 166 Å². The van der Waals surface area contributed by atoms with Gasteiger partial charge in [0.15, 0.2) is 11.9 Å². The number of aromatic hydroxyl groups is 2. The summed E-state index contributed by atoms with van der Waals surface area (Å²) in [7, 11) is 2.36. The molecule has 21 N–H and O–H groups in total. The number of fused-ring (bicyclic) bond motifs is 1. The van der Waals surface area contributed by atoms with E-state index in [1.54, 1.807) is 26.0 Å². The molecule has 452 valence electrons. The normalized spacial score (nSPS) is 18.9. The van der Waals surface area contributed by atoms with E-state index in [0.717, 1.165) is 10.8 Å². The predicted octanol–water partition coefficient (Wildman–Crippen LogP) is -2.33. The average Bonchev–Trinajstić information content (AvgIpc) is 3.94. The first-order valence-corrected chi connectivity index (χ1v) is 29.7. The van der Waals surface area contributed by atoms with Crippen molar-refractivity contribution in [1.82, 2.24) is 42.1 Å². The maximum absolute atomic E-state index is 14.7. The molecule has 0 aromatic heterocycles. The SMILES string of the molecule is CC[C@H](C)[C@H](N)C(=O)N[C@H]1CSSC[C@@H](C(=O)N[C@@H](Cc2ccc(O)cc2)C(=O)N[C@@H](CCCN=C(N)N)C(=O)N[C@@H](CC(C)C)C(=O)N[C@@H](CCCN=C(N)N)C(=O)N[C@@H](Cc2ccc(O)cc2)C(N)=O)NC(=O)[C@@H]2CCCN2C1=O. The number of rotatable bonds is 29. The molecule has 0 saturated carbocycles. The van der Waals surface area contributed by atoms with Crippen molar-refractivity contribution in [3.05, 3.63) is 59.7 Å². The number of carbonyl (C=O) groups excluding carboxylic acids is 9. The first kappa shape index (κ1) is 67.0. The summed E-state index contributed by atoms with van der Waals surface area (Å²) in [5.41, 5.74) is 35.2. The van der Waals surface area contributed by atoms with Crippen molar-refractivity contribution >= 4 is 86.7 Å². The fourth-order valence-corrected chi connectivity index (χ4v) is 11.2. The van der Waals surface area contributed by atoms with Crippen LogP contribution in [0.25, 0.3) is 0 Å². The van der Waals surface area contributed by atoms with Crippen molar-refractivity contribution in [2.75, 3.05) is 31.1 Å². The molecule has 0 radical (unpaired) electrons. The van der Waals surface area contributed by atoms with Crippen LogP contribution in [0.3, 0.4) is 0 Å². The molecule has 82 heavy (non-hydrogen) atoms. The summed E-state index contributed by atoms with van der Waals surface area (Å²) in [6, 6.07) is 0.960. The highest BCUT2D eigenvalue weighted by atomic mass is 33.1. The Bertz CT molecular complexity index is 2570. The molecule has 4 rings (SSSR count). The number of nitrogens with one attached hydrogen (secondary N) is 7. The minimum atomic E-state index is -1.43. The number of hydrogen-bond donors (Lipinski definition) is 15. The highest BCUT2D eigenvalue weighted by Crippen LogP contribution is 2.28. The van der Waals surface area contributed by atoms with Crippen molar-refractivity contribution in [1.29, 1.82) is 0 Å². The van der Waals surface area contributed by atoms with Crippen molar-refractivity contribution in [2.45, 2.75) is 146 Å². The summed E-state index contributed by atoms with van der Waals surface area (Å²) in [6.07, 6.45) is 1.41. The summed E-state index contributed by atoms with van der Waals surface area (Å²) >= 11 is 0. The number of nitrogens with zero attached hydrogens (tertiary/aromatic N) is 3. The molecular weight excluding hydrogens is 1100 g/mol. The minimum absolute atomic E-state index is 0.0165. The fraction of sp³-hybridized carbons (Fsp3) is 0.566. The largest absolute Gasteiger partial charge is 0.508 e. The van der Waals surface area contributed by atoms with Gasteiger partial charge in [-0.2, -0.15) is 0 Å². The van der Waals surface area contributed by atoms with Gasteiger partial charge in [0.25, 0.3) is 0 Å². The third-order valence-corrected chi connectivity index (χ3v) is 16.2. The maximum Gasteiger partial charge on any atom is 0.246 e. The zero-order valence-corrected chi connectivity index (χ0v) is 48.4. The molecule has 27 nitrogen and oxygen atoms in total. The number of guanidine groups is 2. The van der Waals surface area contributed by atoms with Gasteiger partial charge >= 0.3 is 0 Å². The lowest BCUT2D eigenvalue weighted by Gasteiger charge is -2.30. The zero-order valence-electron chi connectivity index (χ0n) is 46.8. The van der Waals surface area contributed by atoms with Crippen LogP contribution in [0, 0.1) is 11.8 Å². The van der Waals surface area contributed by atoms with Crippen LogP contribution < -0.4 is 71.6 Å². The van der Waals surface area contributed by atoms with Crippen molar-refractivity contribution in [3.8, 4) is 11.5 Å². The van der Waals surface area contributed by atoms with Gasteiger partial charge in [0.1, 0.15) is 59.8 Å². The average molecular weight is 1180 g/mol. The number of phenolic OH excluding ortho intramolecular Hbond substituents is 2. The van der Waals surface area contributed by atoms with Gasteiger partial charge in [-0.25, -0.2) is 0 Å². The van der Waals surface area contributed by atoms with E-state index < -0.39 is 108 Å². The van der Waals surface area contributed by atoms with Gasteiger partial charge in [-0.15, -0.1) is 0 Å². The predicted molar refractivity (Wildman–Crippen MR) is 313 cm³/mol. The molecule has 0 bridgehead atoms. The Kier molecular flexibility index (Phi) is 27.3. The molecule has 2 aromatic rings. The Morgan fingerprint density at radius 2 is 1.15 bits per heavy atom. The van der Waals surface area contributed by atoms with Crippen molar-refractivity contribution in [2.24, 2.45) is 56.2 Å². The smallest absolute Gasteiger partial charge is 0.246 e. The second-order valence-electron chi connectivity index (χ2n) is 20.8. The van der Waals surface area contributed by atoms with E-state index in [2.05, 4.69) is 47.2 Å². The Balaban J connectivity index is 1.62. The molecule has 0 unspecified atom stereocenters. The van der Waals surface area contributed by atoms with Crippen LogP contribution in [0.15, 0.2) is 58.5 Å². The third kappa shape index (κ3) is 22.1. The maximum atomic E-state index is 14.7. The van der Waals surface area contributed by atoms with Crippen molar-refractivity contribution in [3.63, 3.8) is 0 Å². The summed E-state index contributed by atoms with van der Waals surface area (Å²) in [4.78, 5) is 135. The van der Waals surface area contributed by atoms with E-state index in [9.17, 15) is 53.4 Å². The van der Waals surface area contributed by atoms with E-state index in [-0.39, 0.29) is 118 Å². The van der Waals surface area contributed by atoms with E-state index >= 15 is 0 Å². The van der Waals surface area contributed by atoms with Crippen LogP contribution in [0.1, 0.15) is 90.2 Å². The van der Waals surface area contributed by atoms with Gasteiger partial charge in [0.05, 0.1) is 6.04 Å². The molecule has 2 heterocycles. The molecule has 2 fully saturated rings. The Labute approximate surface area is 485 Å². The number of amides is 9. The van der Waals surface area contributed by atoms with E-state index in [4.69, 9.17) is 34.4 Å². The van der Waals surface area contributed by atoms with E-state index in [1.165, 1.54) is 52.1 Å². The first-order chi connectivity index (χ1) is 38.9. The van der Waals surface area contributed by atoms with E-state index in [1.807, 2.05) is 13.8 Å². The number of nitrogens with two attached hydrogens (primary N) is 6. The van der Waals surface area contributed by atoms with Gasteiger partial charge in [0, 0.05) is 44.0 Å². The summed E-state index contributed by atoms with van der Waals surface area (Å²) < 4.78 is 0.